The van der Waals surface area contributed by atoms with Crippen molar-refractivity contribution in [2.75, 3.05) is 17.3 Å². The van der Waals surface area contributed by atoms with Gasteiger partial charge in [-0.05, 0) is 61.4 Å². The van der Waals surface area contributed by atoms with E-state index in [4.69, 9.17) is 0 Å². The van der Waals surface area contributed by atoms with Crippen LogP contribution in [-0.4, -0.2) is 35.9 Å². The Hall–Kier alpha value is -4.46. The molecule has 2 N–H and O–H groups in total. The molecule has 3 aromatic carbocycles. The number of nitrogens with zero attached hydrogens (tertiary/aromatic N) is 1. The van der Waals surface area contributed by atoms with Gasteiger partial charge in [-0.2, -0.15) is 0 Å². The average Bonchev–Trinajstić information content (AvgIpc) is 3.05. The molecule has 0 fully saturated rings. The van der Waals surface area contributed by atoms with Gasteiger partial charge in [-0.25, -0.2) is 9.69 Å². The summed E-state index contributed by atoms with van der Waals surface area (Å²) in [7, 11) is 1.18. The van der Waals surface area contributed by atoms with Crippen molar-refractivity contribution < 1.29 is 29.0 Å². The van der Waals surface area contributed by atoms with Crippen molar-refractivity contribution in [1.29, 1.82) is 0 Å². The quantitative estimate of drug-likeness (QED) is 0.359. The first-order valence-corrected chi connectivity index (χ1v) is 10.0. The number of para-hydroxylation sites is 1. The number of phenols is 1. The monoisotopic (exact) mass is 444 g/mol. The molecule has 1 aliphatic heterocycles. The van der Waals surface area contributed by atoms with Crippen LogP contribution in [0.4, 0.5) is 11.4 Å². The molecule has 0 saturated carbocycles. The molecule has 8 nitrogen and oxygen atoms in total. The summed E-state index contributed by atoms with van der Waals surface area (Å²) in [4.78, 5) is 51.7. The molecule has 0 spiro atoms. The topological polar surface area (TPSA) is 113 Å². The van der Waals surface area contributed by atoms with Crippen LogP contribution < -0.4 is 10.2 Å². The van der Waals surface area contributed by atoms with Crippen molar-refractivity contribution in [2.24, 2.45) is 0 Å². The van der Waals surface area contributed by atoms with E-state index in [-0.39, 0.29) is 27.9 Å². The molecule has 0 bridgehead atoms. The van der Waals surface area contributed by atoms with Crippen LogP contribution in [0, 0.1) is 13.8 Å². The van der Waals surface area contributed by atoms with E-state index < -0.39 is 29.4 Å². The fourth-order valence-electron chi connectivity index (χ4n) is 3.67. The van der Waals surface area contributed by atoms with E-state index in [0.717, 1.165) is 16.0 Å². The molecular formula is C25H20N2O6. The van der Waals surface area contributed by atoms with Crippen molar-refractivity contribution in [3.05, 3.63) is 88.0 Å². The molecule has 3 aromatic rings. The Kier molecular flexibility index (Phi) is 5.43. The van der Waals surface area contributed by atoms with Gasteiger partial charge in [0.15, 0.2) is 5.75 Å². The lowest BCUT2D eigenvalue weighted by Gasteiger charge is -2.17. The van der Waals surface area contributed by atoms with Gasteiger partial charge in [0.05, 0.1) is 29.6 Å². The van der Waals surface area contributed by atoms with Crippen LogP contribution >= 0.6 is 0 Å². The summed E-state index contributed by atoms with van der Waals surface area (Å²) in [6.07, 6.45) is 0. The van der Waals surface area contributed by atoms with Gasteiger partial charge in [-0.3, -0.25) is 14.4 Å². The smallest absolute Gasteiger partial charge is 0.341 e. The van der Waals surface area contributed by atoms with Crippen LogP contribution in [0.15, 0.2) is 54.6 Å². The maximum atomic E-state index is 13.1. The fraction of sp³-hybridized carbons (Fsp3) is 0.120. The van der Waals surface area contributed by atoms with Crippen LogP contribution in [0.3, 0.4) is 0 Å². The van der Waals surface area contributed by atoms with Gasteiger partial charge in [-0.15, -0.1) is 0 Å². The molecule has 166 valence electrons. The predicted molar refractivity (Wildman–Crippen MR) is 121 cm³/mol. The molecule has 0 unspecified atom stereocenters. The number of anilines is 2. The standard InChI is InChI=1S/C25H20N2O6/c1-13-7-8-14(2)20(11-13)27-23(30)16-10-9-15(12-18(16)24(27)31)22(29)26-19-6-4-5-17(21(19)28)25(32)33-3/h4-12,28H,1-3H3,(H,26,29). The van der Waals surface area contributed by atoms with Crippen molar-refractivity contribution in [3.8, 4) is 5.75 Å². The molecule has 1 heterocycles. The number of imide groups is 1. The summed E-state index contributed by atoms with van der Waals surface area (Å²) in [6, 6.07) is 14.0. The number of aryl methyl sites for hydroxylation is 2. The molecule has 0 aromatic heterocycles. The molecule has 4 rings (SSSR count). The number of methoxy groups -OCH3 is 1. The van der Waals surface area contributed by atoms with Crippen molar-refractivity contribution in [2.45, 2.75) is 13.8 Å². The Morgan fingerprint density at radius 1 is 0.939 bits per heavy atom. The number of carbonyl (C=O) groups is 4. The number of rotatable bonds is 4. The summed E-state index contributed by atoms with van der Waals surface area (Å²) < 4.78 is 4.61. The highest BCUT2D eigenvalue weighted by atomic mass is 16.5. The largest absolute Gasteiger partial charge is 0.505 e. The Labute approximate surface area is 189 Å². The highest BCUT2D eigenvalue weighted by Gasteiger charge is 2.38. The lowest BCUT2D eigenvalue weighted by molar-refractivity contribution is 0.0597. The van der Waals surface area contributed by atoms with E-state index in [9.17, 15) is 24.3 Å². The second-order valence-corrected chi connectivity index (χ2v) is 7.64. The molecule has 0 atom stereocenters. The van der Waals surface area contributed by atoms with Gasteiger partial charge in [-0.1, -0.05) is 18.2 Å². The molecular weight excluding hydrogens is 424 g/mol. The van der Waals surface area contributed by atoms with Crippen molar-refractivity contribution in [3.63, 3.8) is 0 Å². The molecule has 1 aliphatic rings. The summed E-state index contributed by atoms with van der Waals surface area (Å²) in [6.45, 7) is 3.68. The van der Waals surface area contributed by atoms with Crippen LogP contribution in [0.25, 0.3) is 0 Å². The third kappa shape index (κ3) is 3.71. The van der Waals surface area contributed by atoms with Gasteiger partial charge >= 0.3 is 5.97 Å². The van der Waals surface area contributed by atoms with Gasteiger partial charge in [0.25, 0.3) is 17.7 Å². The number of aromatic hydroxyl groups is 1. The lowest BCUT2D eigenvalue weighted by Crippen LogP contribution is -2.30. The van der Waals surface area contributed by atoms with Gasteiger partial charge in [0.1, 0.15) is 5.56 Å². The second kappa shape index (κ2) is 8.23. The van der Waals surface area contributed by atoms with Gasteiger partial charge < -0.3 is 15.2 Å². The second-order valence-electron chi connectivity index (χ2n) is 7.64. The van der Waals surface area contributed by atoms with E-state index in [1.54, 1.807) is 6.07 Å². The Balaban J connectivity index is 1.65. The predicted octanol–water partition coefficient (Wildman–Crippen LogP) is 3.85. The zero-order valence-corrected chi connectivity index (χ0v) is 18.1. The highest BCUT2D eigenvalue weighted by Crippen LogP contribution is 2.32. The molecule has 33 heavy (non-hydrogen) atoms. The molecule has 0 aliphatic carbocycles. The summed E-state index contributed by atoms with van der Waals surface area (Å²) in [5, 5.41) is 12.8. The Morgan fingerprint density at radius 2 is 1.67 bits per heavy atom. The zero-order valence-electron chi connectivity index (χ0n) is 18.1. The normalized spacial score (nSPS) is 12.5. The SMILES string of the molecule is COC(=O)c1cccc(NC(=O)c2ccc3c(c2)C(=O)N(c2cc(C)ccc2C)C3=O)c1O. The van der Waals surface area contributed by atoms with Crippen molar-refractivity contribution >= 4 is 35.1 Å². The molecule has 0 radical (unpaired) electrons. The lowest BCUT2D eigenvalue weighted by atomic mass is 10.0. The first kappa shape index (κ1) is 21.8. The van der Waals surface area contributed by atoms with Crippen LogP contribution in [-0.2, 0) is 4.74 Å². The molecule has 8 heteroatoms. The zero-order chi connectivity index (χ0) is 23.9. The average molecular weight is 444 g/mol. The number of phenolic OH excluding ortho intramolecular Hbond substituents is 1. The first-order chi connectivity index (χ1) is 15.7. The minimum Gasteiger partial charge on any atom is -0.505 e. The third-order valence-electron chi connectivity index (χ3n) is 5.44. The van der Waals surface area contributed by atoms with E-state index in [1.165, 1.54) is 43.5 Å². The molecule has 0 saturated heterocycles. The number of nitrogens with one attached hydrogen (secondary N) is 1. The number of fused-ring (bicyclic) bond motifs is 1. The fourth-order valence-corrected chi connectivity index (χ4v) is 3.67. The minimum absolute atomic E-state index is 0.00261. The number of hydrogen-bond donors (Lipinski definition) is 2. The Morgan fingerprint density at radius 3 is 2.39 bits per heavy atom. The van der Waals surface area contributed by atoms with E-state index in [0.29, 0.717) is 5.69 Å². The maximum Gasteiger partial charge on any atom is 0.341 e. The summed E-state index contributed by atoms with van der Waals surface area (Å²) in [5.74, 6) is -2.79. The number of amides is 3. The Bertz CT molecular complexity index is 1340. The van der Waals surface area contributed by atoms with Gasteiger partial charge in [0, 0.05) is 5.56 Å². The maximum absolute atomic E-state index is 13.1. The first-order valence-electron chi connectivity index (χ1n) is 10.0. The van der Waals surface area contributed by atoms with Gasteiger partial charge in [0.2, 0.25) is 0 Å². The van der Waals surface area contributed by atoms with Crippen LogP contribution in [0.5, 0.6) is 5.75 Å². The number of hydrogen-bond acceptors (Lipinski definition) is 6. The summed E-state index contributed by atoms with van der Waals surface area (Å²) >= 11 is 0. The highest BCUT2D eigenvalue weighted by molar-refractivity contribution is 6.35. The van der Waals surface area contributed by atoms with E-state index in [2.05, 4.69) is 10.1 Å². The summed E-state index contributed by atoms with van der Waals surface area (Å²) in [5.41, 5.74) is 2.50. The minimum atomic E-state index is -0.753. The number of benzene rings is 3. The van der Waals surface area contributed by atoms with Crippen LogP contribution in [0.2, 0.25) is 0 Å². The van der Waals surface area contributed by atoms with E-state index >= 15 is 0 Å². The number of esters is 1. The number of ether oxygens (including phenoxy) is 1. The molecule has 3 amide bonds. The third-order valence-corrected chi connectivity index (χ3v) is 5.44. The van der Waals surface area contributed by atoms with E-state index in [1.807, 2.05) is 26.0 Å². The van der Waals surface area contributed by atoms with Crippen molar-refractivity contribution in [1.82, 2.24) is 0 Å². The van der Waals surface area contributed by atoms with Crippen LogP contribution in [0.1, 0.15) is 52.6 Å². The number of carbonyl (C=O) groups excluding carboxylic acids is 4.